The Hall–Kier alpha value is -2.01. The highest BCUT2D eigenvalue weighted by Gasteiger charge is 2.18. The first kappa shape index (κ1) is 20.3. The molecule has 0 aliphatic carbocycles. The third-order valence-electron chi connectivity index (χ3n) is 3.30. The Labute approximate surface area is 156 Å². The molecule has 0 unspecified atom stereocenters. The van der Waals surface area contributed by atoms with Crippen molar-refractivity contribution in [2.75, 3.05) is 20.6 Å². The second kappa shape index (κ2) is 8.58. The molecule has 2 aromatic rings. The van der Waals surface area contributed by atoms with Gasteiger partial charge in [0.05, 0.1) is 22.7 Å². The summed E-state index contributed by atoms with van der Waals surface area (Å²) in [6, 6.07) is 4.18. The molecule has 1 aromatic heterocycles. The second-order valence-electron chi connectivity index (χ2n) is 5.46. The van der Waals surface area contributed by atoms with Crippen molar-refractivity contribution < 1.29 is 17.5 Å². The van der Waals surface area contributed by atoms with Gasteiger partial charge in [0.2, 0.25) is 10.0 Å². The predicted molar refractivity (Wildman–Crippen MR) is 94.9 cm³/mol. The van der Waals surface area contributed by atoms with Crippen LogP contribution in [0.15, 0.2) is 41.2 Å². The van der Waals surface area contributed by atoms with E-state index in [4.69, 9.17) is 22.1 Å². The van der Waals surface area contributed by atoms with Gasteiger partial charge in [-0.15, -0.1) is 5.10 Å². The van der Waals surface area contributed by atoms with Crippen molar-refractivity contribution in [3.63, 3.8) is 0 Å². The van der Waals surface area contributed by atoms with Gasteiger partial charge in [0.15, 0.2) is 0 Å². The Morgan fingerprint density at radius 3 is 2.81 bits per heavy atom. The lowest BCUT2D eigenvalue weighted by molar-refractivity contribution is 0.301. The summed E-state index contributed by atoms with van der Waals surface area (Å²) in [5.74, 6) is -0.112. The number of nitrogens with two attached hydrogens (primary N) is 1. The van der Waals surface area contributed by atoms with Crippen LogP contribution in [0.4, 0.5) is 4.39 Å². The molecule has 0 fully saturated rings. The molecule has 0 saturated heterocycles. The first-order valence-electron chi connectivity index (χ1n) is 7.52. The van der Waals surface area contributed by atoms with E-state index in [1.54, 1.807) is 0 Å². The van der Waals surface area contributed by atoms with Gasteiger partial charge in [-0.3, -0.25) is 0 Å². The number of rotatable bonds is 8. The molecule has 0 radical (unpaired) electrons. The van der Waals surface area contributed by atoms with Crippen LogP contribution in [0, 0.1) is 0 Å². The van der Waals surface area contributed by atoms with E-state index in [0.29, 0.717) is 11.4 Å². The largest absolute Gasteiger partial charge is 0.486 e. The monoisotopic (exact) mass is 403 g/mol. The molecule has 0 aliphatic rings. The van der Waals surface area contributed by atoms with Crippen LogP contribution in [0.5, 0.6) is 5.75 Å². The van der Waals surface area contributed by atoms with E-state index < -0.39 is 15.9 Å². The Bertz CT molecular complexity index is 898. The zero-order chi connectivity index (χ0) is 19.3. The average Bonchev–Trinajstić information content (AvgIpc) is 3.01. The van der Waals surface area contributed by atoms with Crippen LogP contribution in [0.25, 0.3) is 0 Å². The van der Waals surface area contributed by atoms with Gasteiger partial charge in [-0.2, -0.15) is 0 Å². The van der Waals surface area contributed by atoms with Gasteiger partial charge < -0.3 is 10.5 Å². The van der Waals surface area contributed by atoms with Crippen LogP contribution in [-0.4, -0.2) is 48.4 Å². The van der Waals surface area contributed by atoms with Crippen molar-refractivity contribution >= 4 is 21.6 Å². The number of benzene rings is 1. The Morgan fingerprint density at radius 2 is 2.19 bits per heavy atom. The Kier molecular flexibility index (Phi) is 6.70. The third-order valence-corrected chi connectivity index (χ3v) is 5.40. The zero-order valence-corrected chi connectivity index (χ0v) is 15.8. The summed E-state index contributed by atoms with van der Waals surface area (Å²) in [4.78, 5) is 0.0629. The quantitative estimate of drug-likeness (QED) is 0.717. The minimum absolute atomic E-state index is 0.0434. The van der Waals surface area contributed by atoms with Crippen molar-refractivity contribution in [1.29, 1.82) is 0 Å². The maximum absolute atomic E-state index is 13.4. The van der Waals surface area contributed by atoms with Crippen LogP contribution in [-0.2, 0) is 23.2 Å². The van der Waals surface area contributed by atoms with Gasteiger partial charge in [0.1, 0.15) is 23.9 Å². The number of aromatic nitrogens is 3. The number of hydrogen-bond donors (Lipinski definition) is 1. The molecular formula is C15H19ClFN5O3S. The summed E-state index contributed by atoms with van der Waals surface area (Å²) in [5, 5.41) is 7.81. The fourth-order valence-corrected chi connectivity index (χ4v) is 3.18. The van der Waals surface area contributed by atoms with Crippen LogP contribution < -0.4 is 10.5 Å². The standard InChI is InChI=1S/C15H19ClFN5O3S/c1-21(2)26(23,24)13-3-4-15(14(16)7-13)25-10-12-9-22(20-19-12)8-11(17)5-6-18/h3-5,7,9H,6,8,10,18H2,1-2H3. The molecule has 0 saturated carbocycles. The molecule has 142 valence electrons. The summed E-state index contributed by atoms with van der Waals surface area (Å²) >= 11 is 6.10. The van der Waals surface area contributed by atoms with Gasteiger partial charge in [-0.25, -0.2) is 21.8 Å². The first-order chi connectivity index (χ1) is 12.2. The number of allylic oxidation sites excluding steroid dienone is 1. The molecule has 8 nitrogen and oxygen atoms in total. The molecular weight excluding hydrogens is 385 g/mol. The molecule has 1 aromatic carbocycles. The zero-order valence-electron chi connectivity index (χ0n) is 14.3. The normalized spacial score (nSPS) is 12.6. The molecule has 0 amide bonds. The highest BCUT2D eigenvalue weighted by molar-refractivity contribution is 7.89. The number of halogens is 2. The van der Waals surface area contributed by atoms with Gasteiger partial charge in [0, 0.05) is 20.6 Å². The minimum Gasteiger partial charge on any atom is -0.486 e. The number of nitrogens with zero attached hydrogens (tertiary/aromatic N) is 4. The van der Waals surface area contributed by atoms with E-state index in [1.807, 2.05) is 0 Å². The van der Waals surface area contributed by atoms with Crippen molar-refractivity contribution in [2.45, 2.75) is 18.0 Å². The van der Waals surface area contributed by atoms with Crippen molar-refractivity contribution in [3.8, 4) is 5.75 Å². The highest BCUT2D eigenvalue weighted by Crippen LogP contribution is 2.28. The molecule has 26 heavy (non-hydrogen) atoms. The van der Waals surface area contributed by atoms with E-state index >= 15 is 0 Å². The molecule has 2 N–H and O–H groups in total. The molecule has 11 heteroatoms. The lowest BCUT2D eigenvalue weighted by Crippen LogP contribution is -2.22. The van der Waals surface area contributed by atoms with Gasteiger partial charge >= 0.3 is 0 Å². The Balaban J connectivity index is 2.04. The lowest BCUT2D eigenvalue weighted by atomic mass is 10.3. The SMILES string of the molecule is CN(C)S(=O)(=O)c1ccc(OCc2cn(CC(F)=CCN)nn2)c(Cl)c1. The molecule has 0 aliphatic heterocycles. The van der Waals surface area contributed by atoms with Gasteiger partial charge in [0.25, 0.3) is 0 Å². The van der Waals surface area contributed by atoms with Crippen LogP contribution in [0.3, 0.4) is 0 Å². The Morgan fingerprint density at radius 1 is 1.46 bits per heavy atom. The first-order valence-corrected chi connectivity index (χ1v) is 9.34. The topological polar surface area (TPSA) is 103 Å². The van der Waals surface area contributed by atoms with Crippen LogP contribution >= 0.6 is 11.6 Å². The van der Waals surface area contributed by atoms with E-state index in [1.165, 1.54) is 49.2 Å². The average molecular weight is 404 g/mol. The summed E-state index contributed by atoms with van der Waals surface area (Å²) in [6.45, 7) is 0.0817. The number of sulfonamides is 1. The lowest BCUT2D eigenvalue weighted by Gasteiger charge is -2.13. The summed E-state index contributed by atoms with van der Waals surface area (Å²) in [6.07, 6.45) is 2.78. The highest BCUT2D eigenvalue weighted by atomic mass is 35.5. The van der Waals surface area contributed by atoms with Crippen LogP contribution in [0.2, 0.25) is 5.02 Å². The van der Waals surface area contributed by atoms with Crippen molar-refractivity contribution in [1.82, 2.24) is 19.3 Å². The maximum Gasteiger partial charge on any atom is 0.242 e. The molecule has 0 spiro atoms. The number of hydrogen-bond acceptors (Lipinski definition) is 6. The van der Waals surface area contributed by atoms with E-state index in [-0.39, 0.29) is 29.6 Å². The molecule has 2 rings (SSSR count). The van der Waals surface area contributed by atoms with Crippen LogP contribution in [0.1, 0.15) is 5.69 Å². The van der Waals surface area contributed by atoms with E-state index in [0.717, 1.165) is 4.31 Å². The number of ether oxygens (including phenoxy) is 1. The smallest absolute Gasteiger partial charge is 0.242 e. The van der Waals surface area contributed by atoms with Gasteiger partial charge in [-0.1, -0.05) is 16.8 Å². The molecule has 1 heterocycles. The summed E-state index contributed by atoms with van der Waals surface area (Å²) in [5.41, 5.74) is 5.70. The fraction of sp³-hybridized carbons (Fsp3) is 0.333. The molecule has 0 atom stereocenters. The minimum atomic E-state index is -3.58. The van der Waals surface area contributed by atoms with E-state index in [2.05, 4.69) is 10.3 Å². The van der Waals surface area contributed by atoms with Crippen molar-refractivity contribution in [2.24, 2.45) is 5.73 Å². The predicted octanol–water partition coefficient (Wildman–Crippen LogP) is 1.57. The fourth-order valence-electron chi connectivity index (χ4n) is 1.95. The summed E-state index contributed by atoms with van der Waals surface area (Å²) in [7, 11) is -0.712. The maximum atomic E-state index is 13.4. The summed E-state index contributed by atoms with van der Waals surface area (Å²) < 4.78 is 45.5. The molecule has 0 bridgehead atoms. The van der Waals surface area contributed by atoms with Crippen molar-refractivity contribution in [3.05, 3.63) is 47.0 Å². The second-order valence-corrected chi connectivity index (χ2v) is 8.02. The van der Waals surface area contributed by atoms with E-state index in [9.17, 15) is 12.8 Å². The van der Waals surface area contributed by atoms with Gasteiger partial charge in [-0.05, 0) is 24.3 Å². The third kappa shape index (κ3) is 5.01.